The molecule has 3 N–H and O–H groups in total. The van der Waals surface area contributed by atoms with E-state index in [1.165, 1.54) is 16.7 Å². The summed E-state index contributed by atoms with van der Waals surface area (Å²) >= 11 is 0. The first-order valence-corrected chi connectivity index (χ1v) is 23.7. The summed E-state index contributed by atoms with van der Waals surface area (Å²) in [6, 6.07) is 22.2. The summed E-state index contributed by atoms with van der Waals surface area (Å²) in [4.78, 5) is 75.9. The van der Waals surface area contributed by atoms with E-state index in [9.17, 15) is 37.1 Å². The molecule has 0 aliphatic carbocycles. The van der Waals surface area contributed by atoms with Crippen molar-refractivity contribution < 1.29 is 32.3 Å². The summed E-state index contributed by atoms with van der Waals surface area (Å²) in [6.45, 7) is 8.13. The smallest absolute Gasteiger partial charge is 0.369 e. The van der Waals surface area contributed by atoms with Gasteiger partial charge >= 0.3 is 11.9 Å². The second-order valence-corrected chi connectivity index (χ2v) is 18.6. The first-order chi connectivity index (χ1) is 33.7. The summed E-state index contributed by atoms with van der Waals surface area (Å²) in [6.07, 6.45) is 3.04. The first-order valence-electron chi connectivity index (χ1n) is 23.7. The lowest BCUT2D eigenvalue weighted by Gasteiger charge is -2.39. The Morgan fingerprint density at radius 1 is 0.829 bits per heavy atom. The number of imidazole rings is 1. The van der Waals surface area contributed by atoms with Crippen LogP contribution in [0.3, 0.4) is 0 Å². The highest BCUT2D eigenvalue weighted by Gasteiger charge is 2.33. The van der Waals surface area contributed by atoms with Crippen LogP contribution in [0.2, 0.25) is 0 Å². The van der Waals surface area contributed by atoms with Crippen LogP contribution in [-0.4, -0.2) is 110 Å². The van der Waals surface area contributed by atoms with E-state index in [1.807, 2.05) is 72.6 Å². The normalized spacial score (nSPS) is 18.2. The Morgan fingerprint density at radius 3 is 2.26 bits per heavy atom. The van der Waals surface area contributed by atoms with E-state index in [4.69, 9.17) is 0 Å². The van der Waals surface area contributed by atoms with E-state index in [2.05, 4.69) is 35.8 Å². The fraction of sp³-hybridized carbons (Fsp3) is 0.392. The molecule has 0 spiro atoms. The molecule has 0 bridgehead atoms. The Labute approximate surface area is 402 Å². The van der Waals surface area contributed by atoms with Crippen molar-refractivity contribution in [3.8, 4) is 11.1 Å². The Balaban J connectivity index is 0.722. The average Bonchev–Trinajstić information content (AvgIpc) is 3.93. The molecule has 16 nitrogen and oxygen atoms in total. The molecule has 19 heteroatoms. The number of halogens is 3. The highest BCUT2D eigenvalue weighted by Crippen LogP contribution is 2.31. The van der Waals surface area contributed by atoms with Crippen molar-refractivity contribution in [2.45, 2.75) is 63.3 Å². The van der Waals surface area contributed by atoms with Gasteiger partial charge in [-0.3, -0.25) is 43.2 Å². The monoisotopic (exact) mass is 959 g/mol. The van der Waals surface area contributed by atoms with Gasteiger partial charge in [-0.25, -0.2) is 9.78 Å². The second-order valence-electron chi connectivity index (χ2n) is 18.6. The van der Waals surface area contributed by atoms with Crippen molar-refractivity contribution in [2.24, 2.45) is 13.0 Å². The molecule has 3 saturated heterocycles. The molecule has 1 unspecified atom stereocenters. The van der Waals surface area contributed by atoms with E-state index in [1.54, 1.807) is 34.8 Å². The fourth-order valence-corrected chi connectivity index (χ4v) is 9.79. The number of hydrogen-bond donors (Lipinski definition) is 3. The van der Waals surface area contributed by atoms with Crippen LogP contribution in [0.15, 0.2) is 108 Å². The van der Waals surface area contributed by atoms with Crippen LogP contribution in [0.4, 0.5) is 24.7 Å². The molecule has 3 atom stereocenters. The Kier molecular flexibility index (Phi) is 14.0. The number of fused-ring (bicyclic) bond motifs is 1. The van der Waals surface area contributed by atoms with Crippen LogP contribution in [0.25, 0.3) is 22.2 Å². The van der Waals surface area contributed by atoms with E-state index >= 15 is 0 Å². The Bertz CT molecular complexity index is 2900. The number of piperazine rings is 1. The first kappa shape index (κ1) is 47.9. The van der Waals surface area contributed by atoms with Crippen molar-refractivity contribution in [1.82, 2.24) is 44.3 Å². The Morgan fingerprint density at radius 2 is 1.57 bits per heavy atom. The average molecular weight is 960 g/mol. The number of anilines is 2. The number of amides is 4. The van der Waals surface area contributed by atoms with Gasteiger partial charge in [0.15, 0.2) is 0 Å². The summed E-state index contributed by atoms with van der Waals surface area (Å²) in [5.41, 5.74) is 4.41. The van der Waals surface area contributed by atoms with Crippen molar-refractivity contribution in [1.29, 1.82) is 0 Å². The molecule has 0 saturated carbocycles. The lowest BCUT2D eigenvalue weighted by atomic mass is 9.96. The van der Waals surface area contributed by atoms with Crippen LogP contribution in [-0.2, 0) is 38.9 Å². The van der Waals surface area contributed by atoms with Gasteiger partial charge in [0, 0.05) is 95.0 Å². The summed E-state index contributed by atoms with van der Waals surface area (Å²) in [5.74, 6) is -0.456. The molecular formula is C51H56F3N11O5. The van der Waals surface area contributed by atoms with Gasteiger partial charge in [-0.1, -0.05) is 49.4 Å². The number of alkyl halides is 3. The van der Waals surface area contributed by atoms with E-state index in [-0.39, 0.29) is 42.3 Å². The number of carbonyl (C=O) groups excluding carboxylic acids is 4. The number of benzene rings is 3. The number of nitrogens with zero attached hydrogens (tertiary/aromatic N) is 8. The number of carbonyl (C=O) groups is 4. The van der Waals surface area contributed by atoms with Gasteiger partial charge in [0.2, 0.25) is 23.6 Å². The van der Waals surface area contributed by atoms with Crippen molar-refractivity contribution in [3.05, 3.63) is 131 Å². The summed E-state index contributed by atoms with van der Waals surface area (Å²) in [5, 5.41) is 13.0. The molecule has 3 aromatic heterocycles. The number of rotatable bonds is 14. The number of likely N-dealkylation sites (tertiary alicyclic amines) is 1. The maximum Gasteiger partial charge on any atom is 0.416 e. The minimum atomic E-state index is -4.42. The van der Waals surface area contributed by atoms with Crippen LogP contribution >= 0.6 is 0 Å². The molecule has 0 radical (unpaired) electrons. The predicted octanol–water partition coefficient (Wildman–Crippen LogP) is 5.73. The van der Waals surface area contributed by atoms with Crippen LogP contribution < -0.4 is 26.5 Å². The SMILES string of the molecule is C[C@H](CN[C@@H](C(=O)Nc1ccc(-c2cnn(CC(=O)N3CCC(CN4CCN(c5ccc6c(c5)n(C)c(=O)n6C5CCC(=O)NC5=O)CC4)CC3)c2)cn1)c1ccccc1)c1ccc(C(F)(F)F)cc1. The minimum absolute atomic E-state index is 0.00940. The fourth-order valence-electron chi connectivity index (χ4n) is 9.79. The Hall–Kier alpha value is -7.12. The van der Waals surface area contributed by atoms with E-state index in [0.717, 1.165) is 85.6 Å². The van der Waals surface area contributed by atoms with Crippen LogP contribution in [0.1, 0.15) is 67.3 Å². The number of hydrogen-bond acceptors (Lipinski definition) is 10. The number of aromatic nitrogens is 5. The molecule has 3 fully saturated rings. The highest BCUT2D eigenvalue weighted by molar-refractivity contribution is 6.00. The highest BCUT2D eigenvalue weighted by atomic mass is 19.4. The summed E-state index contributed by atoms with van der Waals surface area (Å²) < 4.78 is 44.0. The van der Waals surface area contributed by atoms with Gasteiger partial charge in [0.05, 0.1) is 22.8 Å². The summed E-state index contributed by atoms with van der Waals surface area (Å²) in [7, 11) is 1.71. The topological polar surface area (TPSA) is 172 Å². The zero-order chi connectivity index (χ0) is 49.1. The molecule has 3 aromatic carbocycles. The minimum Gasteiger partial charge on any atom is -0.369 e. The van der Waals surface area contributed by atoms with Crippen molar-refractivity contribution in [2.75, 3.05) is 62.6 Å². The predicted molar refractivity (Wildman–Crippen MR) is 258 cm³/mol. The number of imide groups is 1. The molecule has 4 amide bonds. The third kappa shape index (κ3) is 10.7. The maximum absolute atomic E-state index is 13.7. The lowest BCUT2D eigenvalue weighted by Crippen LogP contribution is -2.49. The molecule has 3 aliphatic rings. The van der Waals surface area contributed by atoms with Crippen LogP contribution in [0.5, 0.6) is 0 Å². The molecule has 366 valence electrons. The lowest BCUT2D eigenvalue weighted by molar-refractivity contribution is -0.138. The van der Waals surface area contributed by atoms with Gasteiger partial charge in [0.1, 0.15) is 24.4 Å². The van der Waals surface area contributed by atoms with E-state index in [0.29, 0.717) is 48.9 Å². The number of pyridine rings is 1. The molecule has 3 aliphatic heterocycles. The third-order valence-electron chi connectivity index (χ3n) is 13.9. The number of piperidine rings is 2. The maximum atomic E-state index is 13.7. The van der Waals surface area contributed by atoms with Gasteiger partial charge in [-0.05, 0) is 84.7 Å². The van der Waals surface area contributed by atoms with Gasteiger partial charge in [-0.15, -0.1) is 0 Å². The number of aryl methyl sites for hydroxylation is 1. The van der Waals surface area contributed by atoms with E-state index < -0.39 is 29.7 Å². The quantitative estimate of drug-likeness (QED) is 0.115. The second kappa shape index (κ2) is 20.5. The molecule has 9 rings (SSSR count). The zero-order valence-electron chi connectivity index (χ0n) is 39.1. The largest absolute Gasteiger partial charge is 0.416 e. The van der Waals surface area contributed by atoms with Gasteiger partial charge < -0.3 is 20.4 Å². The molecule has 70 heavy (non-hydrogen) atoms. The molecular weight excluding hydrogens is 904 g/mol. The number of nitrogens with one attached hydrogen (secondary N) is 3. The van der Waals surface area contributed by atoms with Crippen molar-refractivity contribution in [3.63, 3.8) is 0 Å². The van der Waals surface area contributed by atoms with Crippen LogP contribution in [0, 0.1) is 5.92 Å². The van der Waals surface area contributed by atoms with Gasteiger partial charge in [-0.2, -0.15) is 18.3 Å². The van der Waals surface area contributed by atoms with Crippen molar-refractivity contribution >= 4 is 46.2 Å². The standard InChI is InChI=1S/C51H56F3N11O5/c1-33(35-8-11-39(12-9-35)51(52,53)54)27-56-47(36-6-4-3-5-7-36)49(69)58-44-16-10-37(28-55-44)38-29-57-64(31-38)32-46(67)63-20-18-34(19-21-63)30-61-22-24-62(25-23-61)40-13-14-41-43(26-40)60(2)50(70)65(41)42-15-17-45(66)59-48(42)68/h3-14,16,26,28-29,31,33-34,42,47,56H,15,17-25,27,30,32H2,1-2H3,(H,55,58,69)(H,59,66,68)/t33-,42?,47-/m1/s1. The third-order valence-corrected chi connectivity index (χ3v) is 13.9. The van der Waals surface area contributed by atoms with Gasteiger partial charge in [0.25, 0.3) is 0 Å². The molecule has 6 heterocycles. The molecule has 6 aromatic rings. The zero-order valence-corrected chi connectivity index (χ0v) is 39.1.